The molecule has 0 radical (unpaired) electrons. The molecule has 0 spiro atoms. The quantitative estimate of drug-likeness (QED) is 0.312. The summed E-state index contributed by atoms with van der Waals surface area (Å²) >= 11 is 0. The van der Waals surface area contributed by atoms with E-state index in [1.165, 1.54) is 28.5 Å². The normalized spacial score (nSPS) is 16.6. The number of hydrogen-bond donors (Lipinski definition) is 1. The molecule has 1 aliphatic rings. The lowest BCUT2D eigenvalue weighted by atomic mass is 9.99. The maximum Gasteiger partial charge on any atom is 0.416 e. The van der Waals surface area contributed by atoms with Crippen molar-refractivity contribution < 1.29 is 17.9 Å². The highest BCUT2D eigenvalue weighted by molar-refractivity contribution is 5.86. The van der Waals surface area contributed by atoms with E-state index in [0.29, 0.717) is 24.5 Å². The predicted octanol–water partition coefficient (Wildman–Crippen LogP) is 7.50. The molecule has 180 valence electrons. The molecular weight excluding hydrogens is 449 g/mol. The lowest BCUT2D eigenvalue weighted by molar-refractivity contribution is -0.137. The van der Waals surface area contributed by atoms with E-state index in [9.17, 15) is 13.2 Å². The van der Waals surface area contributed by atoms with Crippen molar-refractivity contribution in [3.8, 4) is 5.75 Å². The third kappa shape index (κ3) is 4.98. The molecule has 0 bridgehead atoms. The van der Waals surface area contributed by atoms with E-state index in [2.05, 4.69) is 42.6 Å². The summed E-state index contributed by atoms with van der Waals surface area (Å²) in [5, 5.41) is 6.04. The summed E-state index contributed by atoms with van der Waals surface area (Å²) < 4.78 is 46.2. The molecule has 0 saturated carbocycles. The average molecular weight is 477 g/mol. The van der Waals surface area contributed by atoms with E-state index >= 15 is 0 Å². The summed E-state index contributed by atoms with van der Waals surface area (Å²) in [5.74, 6) is 0.684. The zero-order valence-corrected chi connectivity index (χ0v) is 19.4. The van der Waals surface area contributed by atoms with Crippen LogP contribution in [0.15, 0.2) is 91.0 Å². The summed E-state index contributed by atoms with van der Waals surface area (Å²) in [6, 6.07) is 27.8. The molecule has 3 nitrogen and oxygen atoms in total. The van der Waals surface area contributed by atoms with Gasteiger partial charge in [-0.2, -0.15) is 13.2 Å². The number of ether oxygens (including phenoxy) is 1. The van der Waals surface area contributed by atoms with Crippen LogP contribution in [-0.2, 0) is 6.18 Å². The van der Waals surface area contributed by atoms with Gasteiger partial charge in [0.25, 0.3) is 0 Å². The summed E-state index contributed by atoms with van der Waals surface area (Å²) in [6.07, 6.45) is -3.83. The van der Waals surface area contributed by atoms with E-state index < -0.39 is 11.7 Å². The van der Waals surface area contributed by atoms with E-state index in [1.807, 2.05) is 41.3 Å². The van der Waals surface area contributed by atoms with Crippen molar-refractivity contribution >= 4 is 22.1 Å². The first-order valence-corrected chi connectivity index (χ1v) is 11.8. The maximum atomic E-state index is 13.3. The fourth-order valence-electron chi connectivity index (χ4n) is 4.74. The van der Waals surface area contributed by atoms with Crippen LogP contribution in [0.25, 0.3) is 10.8 Å². The number of anilines is 2. The summed E-state index contributed by atoms with van der Waals surface area (Å²) in [5.41, 5.74) is 1.88. The van der Waals surface area contributed by atoms with Crippen molar-refractivity contribution in [2.45, 2.75) is 31.7 Å². The molecule has 0 saturated heterocycles. The molecule has 5 rings (SSSR count). The van der Waals surface area contributed by atoms with Crippen LogP contribution in [0.2, 0.25) is 0 Å². The van der Waals surface area contributed by atoms with Crippen LogP contribution in [0.4, 0.5) is 24.5 Å². The minimum absolute atomic E-state index is 0.150. The van der Waals surface area contributed by atoms with E-state index in [4.69, 9.17) is 4.74 Å². The molecule has 4 aromatic rings. The Labute approximate surface area is 203 Å². The first-order valence-electron chi connectivity index (χ1n) is 11.8. The number of rotatable bonds is 6. The van der Waals surface area contributed by atoms with Crippen molar-refractivity contribution in [1.82, 2.24) is 5.32 Å². The molecular formula is C29H27F3N2O. The number of halogens is 3. The largest absolute Gasteiger partial charge is 0.486 e. The molecule has 4 aromatic carbocycles. The lowest BCUT2D eigenvalue weighted by Gasteiger charge is -2.36. The van der Waals surface area contributed by atoms with Gasteiger partial charge in [-0.15, -0.1) is 0 Å². The molecule has 0 aliphatic carbocycles. The van der Waals surface area contributed by atoms with Gasteiger partial charge in [0.2, 0.25) is 0 Å². The van der Waals surface area contributed by atoms with Gasteiger partial charge in [-0.25, -0.2) is 0 Å². The van der Waals surface area contributed by atoms with Gasteiger partial charge in [0.15, 0.2) is 0 Å². The summed E-state index contributed by atoms with van der Waals surface area (Å²) in [4.78, 5) is 1.92. The van der Waals surface area contributed by atoms with Gasteiger partial charge in [-0.1, -0.05) is 60.7 Å². The number of benzene rings is 4. The number of para-hydroxylation sites is 2. The molecule has 0 fully saturated rings. The number of nitrogens with zero attached hydrogens (tertiary/aromatic N) is 1. The highest BCUT2D eigenvalue weighted by Gasteiger charge is 2.32. The Bertz CT molecular complexity index is 1320. The minimum Gasteiger partial charge on any atom is -0.486 e. The second-order valence-corrected chi connectivity index (χ2v) is 8.90. The Morgan fingerprint density at radius 2 is 1.69 bits per heavy atom. The van der Waals surface area contributed by atoms with Gasteiger partial charge in [0, 0.05) is 11.7 Å². The zero-order valence-electron chi connectivity index (χ0n) is 19.4. The second kappa shape index (κ2) is 9.62. The zero-order chi connectivity index (χ0) is 24.4. The lowest BCUT2D eigenvalue weighted by Crippen LogP contribution is -2.39. The monoisotopic (exact) mass is 476 g/mol. The van der Waals surface area contributed by atoms with E-state index in [1.54, 1.807) is 6.07 Å². The third-order valence-electron chi connectivity index (χ3n) is 6.53. The van der Waals surface area contributed by atoms with Crippen molar-refractivity contribution in [2.24, 2.45) is 0 Å². The second-order valence-electron chi connectivity index (χ2n) is 8.90. The van der Waals surface area contributed by atoms with Crippen molar-refractivity contribution in [2.75, 3.05) is 18.0 Å². The van der Waals surface area contributed by atoms with Crippen LogP contribution in [0, 0.1) is 0 Å². The van der Waals surface area contributed by atoms with Gasteiger partial charge in [0.1, 0.15) is 11.9 Å². The number of nitrogens with one attached hydrogen (secondary N) is 1. The molecule has 1 aliphatic heterocycles. The Morgan fingerprint density at radius 1 is 0.943 bits per heavy atom. The number of fused-ring (bicyclic) bond motifs is 2. The first kappa shape index (κ1) is 23.2. The number of hydrogen-bond acceptors (Lipinski definition) is 3. The Morgan fingerprint density at radius 3 is 2.54 bits per heavy atom. The van der Waals surface area contributed by atoms with Crippen LogP contribution in [0.1, 0.15) is 30.5 Å². The van der Waals surface area contributed by atoms with E-state index in [0.717, 1.165) is 18.2 Å². The van der Waals surface area contributed by atoms with E-state index in [-0.39, 0.29) is 12.1 Å². The van der Waals surface area contributed by atoms with Gasteiger partial charge in [0.05, 0.1) is 17.8 Å². The molecule has 0 amide bonds. The fourth-order valence-corrected chi connectivity index (χ4v) is 4.74. The highest BCUT2D eigenvalue weighted by Crippen LogP contribution is 2.40. The average Bonchev–Trinajstić information content (AvgIpc) is 2.87. The van der Waals surface area contributed by atoms with Crippen LogP contribution in [0.3, 0.4) is 0 Å². The van der Waals surface area contributed by atoms with Gasteiger partial charge in [-0.3, -0.25) is 0 Å². The van der Waals surface area contributed by atoms with Crippen molar-refractivity contribution in [3.05, 3.63) is 102 Å². The molecule has 1 heterocycles. The SMILES string of the molecule is C[C@@H](NCCC1CN(c2cccc(C(F)(F)F)c2)c2ccccc2O1)c1cccc2ccccc12. The first-order chi connectivity index (χ1) is 16.9. The smallest absolute Gasteiger partial charge is 0.416 e. The van der Waals surface area contributed by atoms with Gasteiger partial charge in [-0.05, 0) is 66.6 Å². The molecule has 2 atom stereocenters. The fraction of sp³-hybridized carbons (Fsp3) is 0.241. The molecule has 6 heteroatoms. The summed E-state index contributed by atoms with van der Waals surface area (Å²) in [7, 11) is 0. The predicted molar refractivity (Wildman–Crippen MR) is 134 cm³/mol. The molecule has 1 N–H and O–H groups in total. The Balaban J connectivity index is 1.31. The summed E-state index contributed by atoms with van der Waals surface area (Å²) in [6.45, 7) is 3.34. The number of alkyl halides is 3. The van der Waals surface area contributed by atoms with Crippen LogP contribution >= 0.6 is 0 Å². The molecule has 35 heavy (non-hydrogen) atoms. The van der Waals surface area contributed by atoms with Crippen molar-refractivity contribution in [3.63, 3.8) is 0 Å². The molecule has 1 unspecified atom stereocenters. The maximum absolute atomic E-state index is 13.3. The standard InChI is InChI=1S/C29H27F3N2O/c1-20(25-13-6-9-21-8-2-3-12-26(21)25)33-17-16-24-19-34(27-14-4-5-15-28(27)35-24)23-11-7-10-22(18-23)29(30,31)32/h2-15,18,20,24,33H,16-17,19H2,1H3/t20-,24?/m1/s1. The van der Waals surface area contributed by atoms with Crippen LogP contribution in [-0.4, -0.2) is 19.2 Å². The van der Waals surface area contributed by atoms with Crippen molar-refractivity contribution in [1.29, 1.82) is 0 Å². The Kier molecular flexibility index (Phi) is 6.39. The van der Waals surface area contributed by atoms with Gasteiger partial charge < -0.3 is 15.0 Å². The third-order valence-corrected chi connectivity index (χ3v) is 6.53. The van der Waals surface area contributed by atoms with Gasteiger partial charge >= 0.3 is 6.18 Å². The molecule has 0 aromatic heterocycles. The minimum atomic E-state index is -4.39. The highest BCUT2D eigenvalue weighted by atomic mass is 19.4. The topological polar surface area (TPSA) is 24.5 Å². The Hall–Kier alpha value is -3.51. The van der Waals surface area contributed by atoms with Crippen LogP contribution < -0.4 is 15.0 Å². The van der Waals surface area contributed by atoms with Crippen LogP contribution in [0.5, 0.6) is 5.75 Å².